The summed E-state index contributed by atoms with van der Waals surface area (Å²) in [6, 6.07) is 18.7. The van der Waals surface area contributed by atoms with Crippen molar-refractivity contribution in [3.05, 3.63) is 70.8 Å². The van der Waals surface area contributed by atoms with Gasteiger partial charge in [0.2, 0.25) is 0 Å². The second-order valence-corrected chi connectivity index (χ2v) is 12.4. The van der Waals surface area contributed by atoms with Crippen LogP contribution in [0.15, 0.2) is 48.5 Å². The second-order valence-electron chi connectivity index (χ2n) is 12.4. The topological polar surface area (TPSA) is 18.5 Å². The van der Waals surface area contributed by atoms with Crippen molar-refractivity contribution in [1.82, 2.24) is 0 Å². The number of benzene rings is 3. The van der Waals surface area contributed by atoms with Crippen LogP contribution < -0.4 is 9.47 Å². The smallest absolute Gasteiger partial charge is 0.127 e. The molecule has 0 unspecified atom stereocenters. The lowest BCUT2D eigenvalue weighted by Crippen LogP contribution is -2.25. The van der Waals surface area contributed by atoms with Crippen LogP contribution in [0.4, 0.5) is 0 Å². The maximum atomic E-state index is 5.90. The van der Waals surface area contributed by atoms with Gasteiger partial charge in [-0.25, -0.2) is 0 Å². The van der Waals surface area contributed by atoms with Gasteiger partial charge in [-0.2, -0.15) is 0 Å². The number of ether oxygens (including phenoxy) is 2. The van der Waals surface area contributed by atoms with Crippen molar-refractivity contribution in [2.45, 2.75) is 123 Å². The third-order valence-corrected chi connectivity index (χ3v) is 9.46. The van der Waals surface area contributed by atoms with E-state index in [-0.39, 0.29) is 5.41 Å². The van der Waals surface area contributed by atoms with Gasteiger partial charge >= 0.3 is 0 Å². The largest absolute Gasteiger partial charge is 0.496 e. The molecule has 2 heteroatoms. The maximum Gasteiger partial charge on any atom is 0.127 e. The standard InChI is InChI=1S/C39H54O2/c1-7-9-11-13-15-17-23-39(24-18-16-14-12-10-8-2)35-25-29(3)19-21-32(35)33-22-20-31(27-36(33)39)34-28-37(40-5)30(4)26-38(34)41-6/h19-22,25-28H,7-18,23-24H2,1-6H3. The van der Waals surface area contributed by atoms with Crippen molar-refractivity contribution < 1.29 is 9.47 Å². The molecule has 0 N–H and O–H groups in total. The van der Waals surface area contributed by atoms with Crippen LogP contribution in [-0.2, 0) is 5.41 Å². The number of aryl methyl sites for hydroxylation is 2. The fraction of sp³-hybridized carbons (Fsp3) is 0.538. The van der Waals surface area contributed by atoms with Gasteiger partial charge in [-0.05, 0) is 78.3 Å². The fourth-order valence-electron chi connectivity index (χ4n) is 7.13. The third-order valence-electron chi connectivity index (χ3n) is 9.46. The first-order chi connectivity index (χ1) is 20.0. The van der Waals surface area contributed by atoms with Gasteiger partial charge in [0.15, 0.2) is 0 Å². The molecule has 0 saturated heterocycles. The van der Waals surface area contributed by atoms with Crippen molar-refractivity contribution in [3.8, 4) is 33.8 Å². The maximum absolute atomic E-state index is 5.90. The number of fused-ring (bicyclic) bond motifs is 3. The van der Waals surface area contributed by atoms with Gasteiger partial charge in [0, 0.05) is 11.0 Å². The Bertz CT molecular complexity index is 1250. The third kappa shape index (κ3) is 7.02. The molecule has 0 spiro atoms. The summed E-state index contributed by atoms with van der Waals surface area (Å²) in [5.74, 6) is 1.82. The van der Waals surface area contributed by atoms with Crippen LogP contribution in [0.5, 0.6) is 11.5 Å². The first-order valence-electron chi connectivity index (χ1n) is 16.5. The van der Waals surface area contributed by atoms with Crippen LogP contribution in [0, 0.1) is 13.8 Å². The Kier molecular flexibility index (Phi) is 11.4. The van der Waals surface area contributed by atoms with Crippen molar-refractivity contribution >= 4 is 0 Å². The summed E-state index contributed by atoms with van der Waals surface area (Å²) in [4.78, 5) is 0. The van der Waals surface area contributed by atoms with E-state index < -0.39 is 0 Å². The fourth-order valence-corrected chi connectivity index (χ4v) is 7.13. The average molecular weight is 555 g/mol. The van der Waals surface area contributed by atoms with E-state index in [1.54, 1.807) is 19.8 Å². The molecule has 0 fully saturated rings. The molecule has 0 aliphatic heterocycles. The number of hydrogen-bond donors (Lipinski definition) is 0. The van der Waals surface area contributed by atoms with E-state index >= 15 is 0 Å². The molecule has 0 atom stereocenters. The molecular weight excluding hydrogens is 500 g/mol. The van der Waals surface area contributed by atoms with E-state index in [1.807, 2.05) is 0 Å². The first-order valence-corrected chi connectivity index (χ1v) is 16.5. The summed E-state index contributed by atoms with van der Waals surface area (Å²) in [7, 11) is 3.53. The van der Waals surface area contributed by atoms with E-state index in [0.29, 0.717) is 0 Å². The van der Waals surface area contributed by atoms with Crippen molar-refractivity contribution in [3.63, 3.8) is 0 Å². The Balaban J connectivity index is 1.77. The highest BCUT2D eigenvalue weighted by atomic mass is 16.5. The molecule has 3 aromatic carbocycles. The molecule has 222 valence electrons. The lowest BCUT2D eigenvalue weighted by Gasteiger charge is -2.33. The minimum absolute atomic E-state index is 0.0736. The minimum Gasteiger partial charge on any atom is -0.496 e. The summed E-state index contributed by atoms with van der Waals surface area (Å²) in [6.07, 6.45) is 18.5. The van der Waals surface area contributed by atoms with Crippen LogP contribution in [-0.4, -0.2) is 14.2 Å². The summed E-state index contributed by atoms with van der Waals surface area (Å²) in [5, 5.41) is 0. The SMILES string of the molecule is CCCCCCCCC1(CCCCCCCC)c2cc(C)ccc2-c2ccc(-c3cc(OC)c(C)cc3OC)cc21. The average Bonchev–Trinajstić information content (AvgIpc) is 3.24. The van der Waals surface area contributed by atoms with Crippen LogP contribution >= 0.6 is 0 Å². The number of rotatable bonds is 17. The van der Waals surface area contributed by atoms with E-state index in [0.717, 1.165) is 22.6 Å². The van der Waals surface area contributed by atoms with Gasteiger partial charge < -0.3 is 9.47 Å². The Morgan fingerprint density at radius 3 is 1.66 bits per heavy atom. The Hall–Kier alpha value is -2.74. The van der Waals surface area contributed by atoms with Gasteiger partial charge in [-0.15, -0.1) is 0 Å². The highest BCUT2D eigenvalue weighted by Gasteiger charge is 2.42. The Morgan fingerprint density at radius 2 is 1.07 bits per heavy atom. The zero-order valence-electron chi connectivity index (χ0n) is 26.8. The molecule has 41 heavy (non-hydrogen) atoms. The summed E-state index contributed by atoms with van der Waals surface area (Å²) < 4.78 is 11.6. The van der Waals surface area contributed by atoms with Crippen molar-refractivity contribution in [2.75, 3.05) is 14.2 Å². The normalized spacial score (nSPS) is 13.2. The first kappa shape index (κ1) is 31.2. The van der Waals surface area contributed by atoms with E-state index in [9.17, 15) is 0 Å². The summed E-state index contributed by atoms with van der Waals surface area (Å²) in [6.45, 7) is 8.96. The zero-order chi connectivity index (χ0) is 29.2. The molecule has 4 rings (SSSR count). The number of methoxy groups -OCH3 is 2. The predicted molar refractivity (Wildman–Crippen MR) is 177 cm³/mol. The van der Waals surface area contributed by atoms with Crippen molar-refractivity contribution in [1.29, 1.82) is 0 Å². The zero-order valence-corrected chi connectivity index (χ0v) is 26.8. The highest BCUT2D eigenvalue weighted by molar-refractivity contribution is 5.85. The Labute approximate surface area is 250 Å². The molecule has 0 bridgehead atoms. The van der Waals surface area contributed by atoms with Crippen LogP contribution in [0.25, 0.3) is 22.3 Å². The molecule has 2 nitrogen and oxygen atoms in total. The molecule has 1 aliphatic rings. The minimum atomic E-state index is 0.0736. The van der Waals surface area contributed by atoms with E-state index in [2.05, 4.69) is 76.2 Å². The van der Waals surface area contributed by atoms with Gasteiger partial charge in [-0.1, -0.05) is 127 Å². The van der Waals surface area contributed by atoms with Gasteiger partial charge in [-0.3, -0.25) is 0 Å². The lowest BCUT2D eigenvalue weighted by molar-refractivity contribution is 0.397. The second kappa shape index (κ2) is 14.9. The molecule has 0 aromatic heterocycles. The number of unbranched alkanes of at least 4 members (excludes halogenated alkanes) is 10. The molecular formula is C39H54O2. The van der Waals surface area contributed by atoms with Crippen LogP contribution in [0.2, 0.25) is 0 Å². The molecule has 0 amide bonds. The lowest BCUT2D eigenvalue weighted by atomic mass is 9.70. The molecule has 1 aliphatic carbocycles. The monoisotopic (exact) mass is 554 g/mol. The van der Waals surface area contributed by atoms with Crippen LogP contribution in [0.1, 0.15) is 126 Å². The highest BCUT2D eigenvalue weighted by Crippen LogP contribution is 2.55. The molecule has 0 radical (unpaired) electrons. The van der Waals surface area contributed by atoms with E-state index in [1.165, 1.54) is 118 Å². The Morgan fingerprint density at radius 1 is 0.537 bits per heavy atom. The van der Waals surface area contributed by atoms with Crippen molar-refractivity contribution in [2.24, 2.45) is 0 Å². The molecule has 0 heterocycles. The van der Waals surface area contributed by atoms with Gasteiger partial charge in [0.1, 0.15) is 11.5 Å². The molecule has 3 aromatic rings. The van der Waals surface area contributed by atoms with E-state index in [4.69, 9.17) is 9.47 Å². The quantitative estimate of drug-likeness (QED) is 0.154. The van der Waals surface area contributed by atoms with Gasteiger partial charge in [0.05, 0.1) is 14.2 Å². The predicted octanol–water partition coefficient (Wildman–Crippen LogP) is 11.8. The number of hydrogen-bond acceptors (Lipinski definition) is 2. The van der Waals surface area contributed by atoms with Crippen LogP contribution in [0.3, 0.4) is 0 Å². The summed E-state index contributed by atoms with van der Waals surface area (Å²) >= 11 is 0. The van der Waals surface area contributed by atoms with Gasteiger partial charge in [0.25, 0.3) is 0 Å². The summed E-state index contributed by atoms with van der Waals surface area (Å²) in [5.41, 5.74) is 10.8. The molecule has 0 saturated carbocycles.